The molecule has 6 heteroatoms. The summed E-state index contributed by atoms with van der Waals surface area (Å²) in [4.78, 5) is 34.4. The number of nitrogens with zero attached hydrogens (tertiary/aromatic N) is 3. The minimum atomic E-state index is -0.616. The summed E-state index contributed by atoms with van der Waals surface area (Å²) in [5.74, 6) is -0.373. The van der Waals surface area contributed by atoms with Gasteiger partial charge >= 0.3 is 6.09 Å². The van der Waals surface area contributed by atoms with Crippen molar-refractivity contribution in [3.63, 3.8) is 0 Å². The van der Waals surface area contributed by atoms with E-state index in [0.717, 1.165) is 11.3 Å². The number of carbonyl (C=O) groups excluding carboxylic acids is 2. The second-order valence-corrected chi connectivity index (χ2v) is 9.53. The van der Waals surface area contributed by atoms with Crippen LogP contribution in [0.25, 0.3) is 0 Å². The minimum absolute atomic E-state index is 0.0419. The highest BCUT2D eigenvalue weighted by molar-refractivity contribution is 5.88. The predicted octanol–water partition coefficient (Wildman–Crippen LogP) is 5.64. The normalized spacial score (nSPS) is 12.5. The Morgan fingerprint density at radius 3 is 2.09 bits per heavy atom. The van der Waals surface area contributed by atoms with Gasteiger partial charge in [-0.25, -0.2) is 4.79 Å². The number of pyridine rings is 1. The summed E-state index contributed by atoms with van der Waals surface area (Å²) in [6.07, 6.45) is 3.46. The van der Waals surface area contributed by atoms with Crippen molar-refractivity contribution in [3.8, 4) is 0 Å². The van der Waals surface area contributed by atoms with E-state index in [1.807, 2.05) is 95.8 Å². The van der Waals surface area contributed by atoms with Gasteiger partial charge in [0.25, 0.3) is 0 Å². The van der Waals surface area contributed by atoms with Crippen LogP contribution in [0.4, 0.5) is 10.5 Å². The fourth-order valence-electron chi connectivity index (χ4n) is 3.81. The van der Waals surface area contributed by atoms with Crippen LogP contribution in [0, 0.1) is 0 Å². The molecule has 2 aromatic rings. The summed E-state index contributed by atoms with van der Waals surface area (Å²) in [5, 5.41) is 0. The van der Waals surface area contributed by atoms with Gasteiger partial charge in [0.1, 0.15) is 5.60 Å². The van der Waals surface area contributed by atoms with E-state index in [4.69, 9.17) is 4.74 Å². The lowest BCUT2D eigenvalue weighted by atomic mass is 9.94. The van der Waals surface area contributed by atoms with Crippen LogP contribution >= 0.6 is 0 Å². The van der Waals surface area contributed by atoms with E-state index < -0.39 is 17.6 Å². The van der Waals surface area contributed by atoms with Gasteiger partial charge in [-0.1, -0.05) is 24.3 Å². The molecule has 0 aliphatic carbocycles. The summed E-state index contributed by atoms with van der Waals surface area (Å²) in [5.41, 5.74) is 0.971. The standard InChI is InChI=1S/C26H37N3O3/c1-19(2)29(20(3)4)24(30)23(21-12-11-16-27-18-21)15-17-28(22-13-9-8-10-14-22)25(31)32-26(5,6)7/h8-14,16,18-20,23H,15,17H2,1-7H3. The Kier molecular flexibility index (Phi) is 8.81. The van der Waals surface area contributed by atoms with E-state index in [1.54, 1.807) is 17.3 Å². The van der Waals surface area contributed by atoms with E-state index in [1.165, 1.54) is 0 Å². The third-order valence-corrected chi connectivity index (χ3v) is 5.08. The van der Waals surface area contributed by atoms with E-state index >= 15 is 0 Å². The van der Waals surface area contributed by atoms with Crippen molar-refractivity contribution in [1.29, 1.82) is 0 Å². The van der Waals surface area contributed by atoms with Crippen molar-refractivity contribution < 1.29 is 14.3 Å². The Hall–Kier alpha value is -2.89. The number of para-hydroxylation sites is 1. The van der Waals surface area contributed by atoms with Crippen LogP contribution in [0.15, 0.2) is 54.9 Å². The van der Waals surface area contributed by atoms with Crippen LogP contribution in [-0.2, 0) is 9.53 Å². The maximum atomic E-state index is 13.6. The molecule has 1 aromatic carbocycles. The Balaban J connectivity index is 2.35. The first-order valence-electron chi connectivity index (χ1n) is 11.3. The molecule has 1 heterocycles. The number of rotatable bonds is 8. The van der Waals surface area contributed by atoms with E-state index in [2.05, 4.69) is 4.98 Å². The molecule has 0 saturated heterocycles. The number of anilines is 1. The fraction of sp³-hybridized carbons (Fsp3) is 0.500. The maximum absolute atomic E-state index is 13.6. The lowest BCUT2D eigenvalue weighted by molar-refractivity contribution is -0.136. The third-order valence-electron chi connectivity index (χ3n) is 5.08. The quantitative estimate of drug-likeness (QED) is 0.534. The molecule has 1 unspecified atom stereocenters. The first kappa shape index (κ1) is 25.4. The van der Waals surface area contributed by atoms with Crippen LogP contribution in [0.3, 0.4) is 0 Å². The van der Waals surface area contributed by atoms with Crippen molar-refractivity contribution in [1.82, 2.24) is 9.88 Å². The lowest BCUT2D eigenvalue weighted by Gasteiger charge is -2.35. The SMILES string of the molecule is CC(C)N(C(=O)C(CCN(C(=O)OC(C)(C)C)c1ccccc1)c1cccnc1)C(C)C. The second kappa shape index (κ2) is 11.1. The predicted molar refractivity (Wildman–Crippen MR) is 129 cm³/mol. The number of hydrogen-bond donors (Lipinski definition) is 0. The molecule has 0 radical (unpaired) electrons. The van der Waals surface area contributed by atoms with Gasteiger partial charge in [0.15, 0.2) is 0 Å². The van der Waals surface area contributed by atoms with Crippen LogP contribution in [0.2, 0.25) is 0 Å². The molecule has 2 rings (SSSR count). The first-order valence-corrected chi connectivity index (χ1v) is 11.3. The molecule has 0 spiro atoms. The Morgan fingerprint density at radius 1 is 0.969 bits per heavy atom. The number of aromatic nitrogens is 1. The number of benzene rings is 1. The molecule has 0 bridgehead atoms. The van der Waals surface area contributed by atoms with Gasteiger partial charge in [0.05, 0.1) is 5.92 Å². The van der Waals surface area contributed by atoms with Crippen molar-refractivity contribution >= 4 is 17.7 Å². The molecule has 6 nitrogen and oxygen atoms in total. The van der Waals surface area contributed by atoms with Crippen molar-refractivity contribution in [2.75, 3.05) is 11.4 Å². The highest BCUT2D eigenvalue weighted by Crippen LogP contribution is 2.27. The van der Waals surface area contributed by atoms with Gasteiger partial charge in [-0.3, -0.25) is 14.7 Å². The summed E-state index contributed by atoms with van der Waals surface area (Å²) in [6.45, 7) is 14.0. The van der Waals surface area contributed by atoms with Crippen LogP contribution in [0.5, 0.6) is 0 Å². The van der Waals surface area contributed by atoms with Crippen molar-refractivity contribution in [2.24, 2.45) is 0 Å². The average Bonchev–Trinajstić information content (AvgIpc) is 2.70. The summed E-state index contributed by atoms with van der Waals surface area (Å²) in [7, 11) is 0. The van der Waals surface area contributed by atoms with Crippen molar-refractivity contribution in [3.05, 3.63) is 60.4 Å². The molecular formula is C26H37N3O3. The Morgan fingerprint density at radius 2 is 1.59 bits per heavy atom. The molecular weight excluding hydrogens is 402 g/mol. The molecule has 0 fully saturated rings. The first-order chi connectivity index (χ1) is 15.0. The van der Waals surface area contributed by atoms with Crippen LogP contribution in [0.1, 0.15) is 66.4 Å². The zero-order chi connectivity index (χ0) is 23.9. The molecule has 0 aliphatic heterocycles. The molecule has 0 N–H and O–H groups in total. The lowest BCUT2D eigenvalue weighted by Crippen LogP contribution is -2.45. The maximum Gasteiger partial charge on any atom is 0.414 e. The summed E-state index contributed by atoms with van der Waals surface area (Å²) < 4.78 is 5.66. The topological polar surface area (TPSA) is 62.7 Å². The second-order valence-electron chi connectivity index (χ2n) is 9.53. The highest BCUT2D eigenvalue weighted by atomic mass is 16.6. The number of amides is 2. The van der Waals surface area contributed by atoms with Crippen LogP contribution in [-0.4, -0.2) is 46.1 Å². The smallest absolute Gasteiger partial charge is 0.414 e. The van der Waals surface area contributed by atoms with Gasteiger partial charge in [-0.05, 0) is 78.6 Å². The molecule has 174 valence electrons. The van der Waals surface area contributed by atoms with E-state index in [0.29, 0.717) is 13.0 Å². The molecule has 0 aliphatic rings. The Labute approximate surface area is 192 Å². The monoisotopic (exact) mass is 439 g/mol. The van der Waals surface area contributed by atoms with E-state index in [-0.39, 0.29) is 18.0 Å². The van der Waals surface area contributed by atoms with Gasteiger partial charge in [0.2, 0.25) is 5.91 Å². The fourth-order valence-corrected chi connectivity index (χ4v) is 3.81. The molecule has 32 heavy (non-hydrogen) atoms. The number of hydrogen-bond acceptors (Lipinski definition) is 4. The van der Waals surface area contributed by atoms with E-state index in [9.17, 15) is 9.59 Å². The molecule has 1 atom stereocenters. The summed E-state index contributed by atoms with van der Waals surface area (Å²) >= 11 is 0. The Bertz CT molecular complexity index is 853. The molecule has 2 amide bonds. The largest absolute Gasteiger partial charge is 0.443 e. The number of ether oxygens (including phenoxy) is 1. The highest BCUT2D eigenvalue weighted by Gasteiger charge is 2.31. The zero-order valence-corrected chi connectivity index (χ0v) is 20.4. The zero-order valence-electron chi connectivity index (χ0n) is 20.4. The van der Waals surface area contributed by atoms with Gasteiger partial charge in [-0.15, -0.1) is 0 Å². The third kappa shape index (κ3) is 7.08. The van der Waals surface area contributed by atoms with Gasteiger partial charge < -0.3 is 9.64 Å². The van der Waals surface area contributed by atoms with Gasteiger partial charge in [0, 0.05) is 36.7 Å². The molecule has 1 aromatic heterocycles. The average molecular weight is 440 g/mol. The van der Waals surface area contributed by atoms with Gasteiger partial charge in [-0.2, -0.15) is 0 Å². The molecule has 0 saturated carbocycles. The summed E-state index contributed by atoms with van der Waals surface area (Å²) in [6, 6.07) is 13.3. The van der Waals surface area contributed by atoms with Crippen molar-refractivity contribution in [2.45, 2.75) is 78.5 Å². The van der Waals surface area contributed by atoms with Crippen LogP contribution < -0.4 is 4.90 Å². The number of carbonyl (C=O) groups is 2. The minimum Gasteiger partial charge on any atom is -0.443 e.